The molecule has 0 unspecified atom stereocenters. The number of imidazole rings is 1. The summed E-state index contributed by atoms with van der Waals surface area (Å²) in [4.78, 5) is 19.1. The van der Waals surface area contributed by atoms with E-state index in [9.17, 15) is 9.90 Å². The monoisotopic (exact) mass is 313 g/mol. The van der Waals surface area contributed by atoms with Gasteiger partial charge in [0, 0.05) is 36.1 Å². The van der Waals surface area contributed by atoms with Gasteiger partial charge in [-0.3, -0.25) is 4.90 Å². The summed E-state index contributed by atoms with van der Waals surface area (Å²) in [7, 11) is 0. The van der Waals surface area contributed by atoms with E-state index in [0.717, 1.165) is 43.0 Å². The van der Waals surface area contributed by atoms with Crippen molar-refractivity contribution in [2.24, 2.45) is 0 Å². The first-order valence-electron chi connectivity index (χ1n) is 7.18. The van der Waals surface area contributed by atoms with Crippen LogP contribution in [0.2, 0.25) is 0 Å². The van der Waals surface area contributed by atoms with Crippen LogP contribution in [0.4, 0.5) is 0 Å². The Labute approximate surface area is 131 Å². The highest BCUT2D eigenvalue weighted by Gasteiger charge is 2.24. The molecule has 1 aliphatic rings. The first-order valence-corrected chi connectivity index (χ1v) is 8.06. The summed E-state index contributed by atoms with van der Waals surface area (Å²) in [5.41, 5.74) is 3.62. The third-order valence-electron chi connectivity index (χ3n) is 4.14. The molecule has 3 aromatic heterocycles. The van der Waals surface area contributed by atoms with Gasteiger partial charge in [0.2, 0.25) is 0 Å². The van der Waals surface area contributed by atoms with Crippen molar-refractivity contribution < 1.29 is 9.90 Å². The van der Waals surface area contributed by atoms with Gasteiger partial charge in [-0.25, -0.2) is 9.78 Å². The molecule has 0 amide bonds. The van der Waals surface area contributed by atoms with Crippen molar-refractivity contribution in [2.45, 2.75) is 19.5 Å². The van der Waals surface area contributed by atoms with Crippen LogP contribution >= 0.6 is 11.3 Å². The lowest BCUT2D eigenvalue weighted by Gasteiger charge is -2.26. The second-order valence-corrected chi connectivity index (χ2v) is 6.46. The van der Waals surface area contributed by atoms with Crippen LogP contribution in [-0.2, 0) is 19.5 Å². The highest BCUT2D eigenvalue weighted by molar-refractivity contribution is 7.10. The molecule has 0 atom stereocenters. The highest BCUT2D eigenvalue weighted by atomic mass is 32.1. The summed E-state index contributed by atoms with van der Waals surface area (Å²) in [6.45, 7) is 2.52. The van der Waals surface area contributed by atoms with Gasteiger partial charge in [0.05, 0.1) is 17.5 Å². The molecular weight excluding hydrogens is 298 g/mol. The van der Waals surface area contributed by atoms with E-state index in [-0.39, 0.29) is 0 Å². The Hall–Kier alpha value is -2.18. The molecule has 0 aromatic carbocycles. The number of carboxylic acids is 1. The van der Waals surface area contributed by atoms with Crippen LogP contribution in [0.3, 0.4) is 0 Å². The first-order chi connectivity index (χ1) is 10.7. The first kappa shape index (κ1) is 13.5. The second-order valence-electron chi connectivity index (χ2n) is 5.50. The number of carbonyl (C=O) groups is 1. The maximum Gasteiger partial charge on any atom is 0.336 e. The van der Waals surface area contributed by atoms with Crippen LogP contribution < -0.4 is 0 Å². The van der Waals surface area contributed by atoms with E-state index >= 15 is 0 Å². The zero-order chi connectivity index (χ0) is 15.1. The molecule has 22 heavy (non-hydrogen) atoms. The topological polar surface area (TPSA) is 57.8 Å². The SMILES string of the molecule is O=C(O)c1csc2c1CCN(Cc1cnc3ccccn13)C2. The maximum atomic E-state index is 11.2. The minimum Gasteiger partial charge on any atom is -0.478 e. The molecule has 1 N–H and O–H groups in total. The van der Waals surface area contributed by atoms with E-state index in [2.05, 4.69) is 14.3 Å². The molecule has 5 nitrogen and oxygen atoms in total. The average molecular weight is 313 g/mol. The molecule has 0 saturated heterocycles. The smallest absolute Gasteiger partial charge is 0.336 e. The second kappa shape index (κ2) is 5.23. The number of aromatic nitrogens is 2. The van der Waals surface area contributed by atoms with E-state index in [0.29, 0.717) is 5.56 Å². The Kier molecular flexibility index (Phi) is 3.20. The van der Waals surface area contributed by atoms with Gasteiger partial charge in [-0.1, -0.05) is 6.07 Å². The van der Waals surface area contributed by atoms with Crippen molar-refractivity contribution in [1.29, 1.82) is 0 Å². The highest BCUT2D eigenvalue weighted by Crippen LogP contribution is 2.29. The van der Waals surface area contributed by atoms with Gasteiger partial charge in [0.15, 0.2) is 0 Å². The number of fused-ring (bicyclic) bond motifs is 2. The molecule has 0 saturated carbocycles. The predicted molar refractivity (Wildman–Crippen MR) is 84.3 cm³/mol. The lowest BCUT2D eigenvalue weighted by atomic mass is 10.0. The molecule has 0 bridgehead atoms. The summed E-state index contributed by atoms with van der Waals surface area (Å²) in [5, 5.41) is 11.0. The van der Waals surface area contributed by atoms with Gasteiger partial charge in [0.1, 0.15) is 5.65 Å². The molecular formula is C16H15N3O2S. The van der Waals surface area contributed by atoms with E-state index in [1.807, 2.05) is 30.6 Å². The number of pyridine rings is 1. The Morgan fingerprint density at radius 2 is 2.32 bits per heavy atom. The van der Waals surface area contributed by atoms with Crippen molar-refractivity contribution in [3.63, 3.8) is 0 Å². The third kappa shape index (κ3) is 2.20. The summed E-state index contributed by atoms with van der Waals surface area (Å²) >= 11 is 1.56. The van der Waals surface area contributed by atoms with Gasteiger partial charge in [-0.2, -0.15) is 0 Å². The van der Waals surface area contributed by atoms with Crippen LogP contribution in [0.5, 0.6) is 0 Å². The minimum absolute atomic E-state index is 0.481. The fourth-order valence-corrected chi connectivity index (χ4v) is 4.14. The Morgan fingerprint density at radius 3 is 3.18 bits per heavy atom. The number of carboxylic acid groups (broad SMARTS) is 1. The van der Waals surface area contributed by atoms with Crippen LogP contribution in [0.15, 0.2) is 36.0 Å². The zero-order valence-electron chi connectivity index (χ0n) is 11.9. The number of thiophene rings is 1. The third-order valence-corrected chi connectivity index (χ3v) is 5.15. The van der Waals surface area contributed by atoms with Crippen molar-refractivity contribution >= 4 is 23.0 Å². The number of hydrogen-bond acceptors (Lipinski definition) is 4. The average Bonchev–Trinajstić information content (AvgIpc) is 3.11. The fourth-order valence-electron chi connectivity index (χ4n) is 3.03. The lowest BCUT2D eigenvalue weighted by molar-refractivity contribution is 0.0695. The minimum atomic E-state index is -0.812. The van der Waals surface area contributed by atoms with E-state index in [1.165, 1.54) is 4.88 Å². The molecule has 0 spiro atoms. The number of nitrogens with zero attached hydrogens (tertiary/aromatic N) is 3. The number of aromatic carboxylic acids is 1. The Morgan fingerprint density at radius 1 is 1.41 bits per heavy atom. The largest absolute Gasteiger partial charge is 0.478 e. The van der Waals surface area contributed by atoms with Crippen molar-refractivity contribution in [3.8, 4) is 0 Å². The molecule has 112 valence electrons. The number of rotatable bonds is 3. The Bertz CT molecular complexity index is 852. The predicted octanol–water partition coefficient (Wildman–Crippen LogP) is 2.65. The van der Waals surface area contributed by atoms with Crippen LogP contribution in [0, 0.1) is 0 Å². The van der Waals surface area contributed by atoms with Crippen LogP contribution in [0.1, 0.15) is 26.5 Å². The van der Waals surface area contributed by atoms with Gasteiger partial charge in [-0.15, -0.1) is 11.3 Å². The van der Waals surface area contributed by atoms with Crippen molar-refractivity contribution in [1.82, 2.24) is 14.3 Å². The molecule has 1 aliphatic heterocycles. The molecule has 3 aromatic rings. The standard InChI is InChI=1S/C16H15N3O2S/c20-16(21)13-10-22-14-9-18(6-4-12(13)14)8-11-7-17-15-3-1-2-5-19(11)15/h1-3,5,7,10H,4,6,8-9H2,(H,20,21). The Balaban J connectivity index is 1.57. The van der Waals surface area contributed by atoms with Gasteiger partial charge < -0.3 is 9.51 Å². The summed E-state index contributed by atoms with van der Waals surface area (Å²) in [6, 6.07) is 5.99. The van der Waals surface area contributed by atoms with Crippen LogP contribution in [-0.4, -0.2) is 31.9 Å². The molecule has 0 fully saturated rings. The van der Waals surface area contributed by atoms with Crippen molar-refractivity contribution in [3.05, 3.63) is 57.7 Å². The van der Waals surface area contributed by atoms with Crippen LogP contribution in [0.25, 0.3) is 5.65 Å². The summed E-state index contributed by atoms with van der Waals surface area (Å²) in [6.07, 6.45) is 4.75. The van der Waals surface area contributed by atoms with E-state index in [1.54, 1.807) is 16.7 Å². The maximum absolute atomic E-state index is 11.2. The van der Waals surface area contributed by atoms with Gasteiger partial charge in [0.25, 0.3) is 0 Å². The quantitative estimate of drug-likeness (QED) is 0.807. The van der Waals surface area contributed by atoms with Gasteiger partial charge >= 0.3 is 5.97 Å². The van der Waals surface area contributed by atoms with E-state index in [4.69, 9.17) is 0 Å². The van der Waals surface area contributed by atoms with Crippen molar-refractivity contribution in [2.75, 3.05) is 6.54 Å². The normalized spacial score (nSPS) is 15.1. The molecule has 4 rings (SSSR count). The molecule has 0 radical (unpaired) electrons. The molecule has 6 heteroatoms. The molecule has 4 heterocycles. The van der Waals surface area contributed by atoms with E-state index < -0.39 is 5.97 Å². The molecule has 0 aliphatic carbocycles. The summed E-state index contributed by atoms with van der Waals surface area (Å²) in [5.74, 6) is -0.812. The lowest BCUT2D eigenvalue weighted by Crippen LogP contribution is -2.30. The van der Waals surface area contributed by atoms with Gasteiger partial charge in [-0.05, 0) is 24.1 Å². The zero-order valence-corrected chi connectivity index (χ0v) is 12.7. The number of hydrogen-bond donors (Lipinski definition) is 1. The fraction of sp³-hybridized carbons (Fsp3) is 0.250. The summed E-state index contributed by atoms with van der Waals surface area (Å²) < 4.78 is 2.10.